The average Bonchev–Trinajstić information content (AvgIpc) is 2.52. The van der Waals surface area contributed by atoms with E-state index in [1.165, 1.54) is 15.4 Å². The first-order chi connectivity index (χ1) is 10.9. The predicted octanol–water partition coefficient (Wildman–Crippen LogP) is 3.92. The van der Waals surface area contributed by atoms with Gasteiger partial charge in [0.15, 0.2) is 0 Å². The van der Waals surface area contributed by atoms with Crippen LogP contribution in [0.1, 0.15) is 36.1 Å². The molecule has 0 heterocycles. The second-order valence-electron chi connectivity index (χ2n) is 5.85. The molecule has 2 rings (SSSR count). The Morgan fingerprint density at radius 1 is 0.870 bits per heavy atom. The van der Waals surface area contributed by atoms with Gasteiger partial charge in [0.25, 0.3) is 0 Å². The zero-order chi connectivity index (χ0) is 17.0. The molecule has 0 saturated carbocycles. The molecule has 0 aliphatic carbocycles. The molecule has 0 aliphatic rings. The van der Waals surface area contributed by atoms with Crippen molar-refractivity contribution in [2.75, 3.05) is 13.1 Å². The van der Waals surface area contributed by atoms with Gasteiger partial charge in [-0.15, -0.1) is 0 Å². The smallest absolute Gasteiger partial charge is 0.207 e. The van der Waals surface area contributed by atoms with Crippen molar-refractivity contribution in [1.29, 1.82) is 0 Å². The molecule has 0 N–H and O–H groups in total. The van der Waals surface area contributed by atoms with Crippen molar-refractivity contribution in [2.45, 2.75) is 39.0 Å². The van der Waals surface area contributed by atoms with Crippen LogP contribution in [0.5, 0.6) is 0 Å². The van der Waals surface area contributed by atoms with Gasteiger partial charge in [-0.05, 0) is 43.0 Å². The van der Waals surface area contributed by atoms with Crippen LogP contribution < -0.4 is 0 Å². The number of aryl methyl sites for hydroxylation is 2. The van der Waals surface area contributed by atoms with Crippen molar-refractivity contribution in [3.63, 3.8) is 0 Å². The third-order valence-electron chi connectivity index (χ3n) is 4.10. The third-order valence-corrected chi connectivity index (χ3v) is 6.30. The van der Waals surface area contributed by atoms with Gasteiger partial charge in [0.05, 0.1) is 4.90 Å². The summed E-state index contributed by atoms with van der Waals surface area (Å²) in [5, 5.41) is 0. The molecule has 2 aromatic rings. The molecular formula is C19H25NO2S. The summed E-state index contributed by atoms with van der Waals surface area (Å²) < 4.78 is 27.1. The quantitative estimate of drug-likeness (QED) is 0.804. The summed E-state index contributed by atoms with van der Waals surface area (Å²) >= 11 is 0. The first-order valence-electron chi connectivity index (χ1n) is 8.03. The predicted molar refractivity (Wildman–Crippen MR) is 95.3 cm³/mol. The lowest BCUT2D eigenvalue weighted by Crippen LogP contribution is -2.31. The zero-order valence-corrected chi connectivity index (χ0v) is 15.2. The molecule has 0 amide bonds. The summed E-state index contributed by atoms with van der Waals surface area (Å²) in [7, 11) is -3.42. The van der Waals surface area contributed by atoms with E-state index >= 15 is 0 Å². The minimum Gasteiger partial charge on any atom is -0.207 e. The Hall–Kier alpha value is -1.65. The van der Waals surface area contributed by atoms with Crippen LogP contribution in [0, 0.1) is 13.8 Å². The summed E-state index contributed by atoms with van der Waals surface area (Å²) in [4.78, 5) is 0.422. The van der Waals surface area contributed by atoms with Crippen LogP contribution >= 0.6 is 0 Å². The molecule has 23 heavy (non-hydrogen) atoms. The van der Waals surface area contributed by atoms with Gasteiger partial charge in [0.1, 0.15) is 0 Å². The van der Waals surface area contributed by atoms with Gasteiger partial charge in [-0.2, -0.15) is 4.31 Å². The summed E-state index contributed by atoms with van der Waals surface area (Å²) in [6, 6.07) is 14.1. The third kappa shape index (κ3) is 4.01. The van der Waals surface area contributed by atoms with Gasteiger partial charge in [0, 0.05) is 13.1 Å². The monoisotopic (exact) mass is 331 g/mol. The van der Waals surface area contributed by atoms with Gasteiger partial charge in [-0.3, -0.25) is 0 Å². The van der Waals surface area contributed by atoms with Gasteiger partial charge >= 0.3 is 0 Å². The van der Waals surface area contributed by atoms with E-state index in [1.807, 2.05) is 39.0 Å². The molecule has 0 unspecified atom stereocenters. The molecule has 0 radical (unpaired) electrons. The molecule has 0 aromatic heterocycles. The van der Waals surface area contributed by atoms with Crippen molar-refractivity contribution in [3.05, 3.63) is 64.7 Å². The van der Waals surface area contributed by atoms with Crippen LogP contribution in [-0.4, -0.2) is 25.8 Å². The maximum Gasteiger partial charge on any atom is 0.243 e. The van der Waals surface area contributed by atoms with E-state index in [9.17, 15) is 8.42 Å². The van der Waals surface area contributed by atoms with Crippen molar-refractivity contribution in [3.8, 4) is 0 Å². The second-order valence-corrected chi connectivity index (χ2v) is 7.76. The van der Waals surface area contributed by atoms with E-state index in [2.05, 4.69) is 31.2 Å². The summed E-state index contributed by atoms with van der Waals surface area (Å²) in [5.74, 6) is 0. The largest absolute Gasteiger partial charge is 0.243 e. The molecule has 0 fully saturated rings. The fourth-order valence-corrected chi connectivity index (χ4v) is 4.41. The Morgan fingerprint density at radius 2 is 1.43 bits per heavy atom. The van der Waals surface area contributed by atoms with Gasteiger partial charge in [-0.25, -0.2) is 8.42 Å². The molecule has 0 spiro atoms. The molecule has 2 aromatic carbocycles. The Balaban J connectivity index is 2.37. The number of hydrogen-bond acceptors (Lipinski definition) is 2. The Morgan fingerprint density at radius 3 is 2.00 bits per heavy atom. The Bertz CT molecular complexity index is 760. The summed E-state index contributed by atoms with van der Waals surface area (Å²) in [6.45, 7) is 8.62. The highest BCUT2D eigenvalue weighted by Gasteiger charge is 2.23. The van der Waals surface area contributed by atoms with E-state index in [1.54, 1.807) is 0 Å². The number of rotatable bonds is 6. The van der Waals surface area contributed by atoms with E-state index in [0.29, 0.717) is 18.0 Å². The van der Waals surface area contributed by atoms with Crippen LogP contribution in [0.4, 0.5) is 0 Å². The van der Waals surface area contributed by atoms with Crippen LogP contribution in [-0.2, 0) is 16.4 Å². The van der Waals surface area contributed by atoms with Gasteiger partial charge in [0.2, 0.25) is 10.0 Å². The van der Waals surface area contributed by atoms with Crippen molar-refractivity contribution in [1.82, 2.24) is 4.31 Å². The highest BCUT2D eigenvalue weighted by atomic mass is 32.2. The first-order valence-corrected chi connectivity index (χ1v) is 9.47. The molecule has 4 heteroatoms. The van der Waals surface area contributed by atoms with E-state index in [4.69, 9.17) is 0 Å². The Labute approximate surface area is 140 Å². The Kier molecular flexibility index (Phi) is 5.60. The topological polar surface area (TPSA) is 37.4 Å². The van der Waals surface area contributed by atoms with Crippen molar-refractivity contribution in [2.24, 2.45) is 0 Å². The highest BCUT2D eigenvalue weighted by Crippen LogP contribution is 2.22. The van der Waals surface area contributed by atoms with Crippen LogP contribution in [0.25, 0.3) is 0 Å². The molecular weight excluding hydrogens is 306 g/mol. The van der Waals surface area contributed by atoms with Crippen molar-refractivity contribution >= 4 is 10.0 Å². The highest BCUT2D eigenvalue weighted by molar-refractivity contribution is 7.89. The van der Waals surface area contributed by atoms with Crippen LogP contribution in [0.15, 0.2) is 47.4 Å². The van der Waals surface area contributed by atoms with Crippen LogP contribution in [0.2, 0.25) is 0 Å². The second kappa shape index (κ2) is 7.28. The van der Waals surface area contributed by atoms with Crippen molar-refractivity contribution < 1.29 is 8.42 Å². The molecule has 0 atom stereocenters. The first kappa shape index (κ1) is 17.7. The van der Waals surface area contributed by atoms with Gasteiger partial charge < -0.3 is 0 Å². The fourth-order valence-electron chi connectivity index (χ4n) is 2.68. The van der Waals surface area contributed by atoms with E-state index in [0.717, 1.165) is 17.5 Å². The summed E-state index contributed by atoms with van der Waals surface area (Å²) in [6.07, 6.45) is 0.737. The molecule has 0 bridgehead atoms. The van der Waals surface area contributed by atoms with Gasteiger partial charge in [-0.1, -0.05) is 55.8 Å². The number of sulfonamides is 1. The molecule has 3 nitrogen and oxygen atoms in total. The van der Waals surface area contributed by atoms with Crippen LogP contribution in [0.3, 0.4) is 0 Å². The number of benzene rings is 2. The number of nitrogens with zero attached hydrogens (tertiary/aromatic N) is 1. The van der Waals surface area contributed by atoms with E-state index < -0.39 is 10.0 Å². The molecule has 124 valence electrons. The minimum atomic E-state index is -3.42. The molecule has 0 saturated heterocycles. The standard InChI is InChI=1S/C19H25NO2S/c1-5-20(6-2)23(21,22)19-14-18(12-9-16(19)4)13-17-10-7-15(3)8-11-17/h7-12,14H,5-6,13H2,1-4H3. The fraction of sp³-hybridized carbons (Fsp3) is 0.368. The lowest BCUT2D eigenvalue weighted by Gasteiger charge is -2.20. The van der Waals surface area contributed by atoms with E-state index in [-0.39, 0.29) is 0 Å². The number of hydrogen-bond donors (Lipinski definition) is 0. The maximum absolute atomic E-state index is 12.8. The zero-order valence-electron chi connectivity index (χ0n) is 14.3. The normalized spacial score (nSPS) is 11.9. The molecule has 0 aliphatic heterocycles. The minimum absolute atomic E-state index is 0.422. The lowest BCUT2D eigenvalue weighted by atomic mass is 10.0. The average molecular weight is 331 g/mol. The lowest BCUT2D eigenvalue weighted by molar-refractivity contribution is 0.445. The maximum atomic E-state index is 12.8. The SMILES string of the molecule is CCN(CC)S(=O)(=O)c1cc(Cc2ccc(C)cc2)ccc1C. The summed E-state index contributed by atoms with van der Waals surface area (Å²) in [5.41, 5.74) is 4.22.